The van der Waals surface area contributed by atoms with Gasteiger partial charge in [0.1, 0.15) is 30.2 Å². The molecule has 6 atom stereocenters. The van der Waals surface area contributed by atoms with E-state index in [1.165, 1.54) is 6.92 Å². The number of hydrogen-bond acceptors (Lipinski definition) is 9. The zero-order valence-corrected chi connectivity index (χ0v) is 28.8. The number of rotatable bonds is 21. The molecule has 0 bridgehead atoms. The molecule has 0 fully saturated rings. The standard InChI is InChI=1S/C32H53N7O7S/c1-18(2)15-24(30(43)38-25(32(45)46)16-21-11-7-6-8-12-21)37-31(44)26(19(3)4)39-27(40)20(5)35-29(42)23(13-9-10-14-33)36-28(41)22(34)17-47/h6-8,11-12,18-20,22-26,47H,9-10,13-17,33-34H2,1-5H3,(H,35,42)(H,36,41)(H,37,44)(H,38,43)(H,39,40)(H,45,46)/t20-,22-,23-,24-,25-,26-/m0/s1. The molecule has 0 spiro atoms. The second kappa shape index (κ2) is 21.2. The maximum absolute atomic E-state index is 13.5. The third-order valence-electron chi connectivity index (χ3n) is 7.35. The van der Waals surface area contributed by atoms with Gasteiger partial charge in [0.2, 0.25) is 29.5 Å². The number of hydrogen-bond donors (Lipinski definition) is 9. The van der Waals surface area contributed by atoms with Crippen LogP contribution in [0.15, 0.2) is 30.3 Å². The highest BCUT2D eigenvalue weighted by molar-refractivity contribution is 7.80. The summed E-state index contributed by atoms with van der Waals surface area (Å²) in [6.45, 7) is 8.97. The Bertz CT molecular complexity index is 1190. The van der Waals surface area contributed by atoms with Crippen LogP contribution in [0.25, 0.3) is 0 Å². The summed E-state index contributed by atoms with van der Waals surface area (Å²) in [7, 11) is 0. The largest absolute Gasteiger partial charge is 0.480 e. The zero-order valence-electron chi connectivity index (χ0n) is 28.0. The fraction of sp³-hybridized carbons (Fsp3) is 0.625. The molecule has 5 amide bonds. The van der Waals surface area contributed by atoms with Crippen molar-refractivity contribution in [3.8, 4) is 0 Å². The number of nitrogens with two attached hydrogens (primary N) is 2. The number of unbranched alkanes of at least 4 members (excludes halogenated alkanes) is 1. The molecule has 0 unspecified atom stereocenters. The second-order valence-electron chi connectivity index (χ2n) is 12.4. The van der Waals surface area contributed by atoms with Gasteiger partial charge in [-0.25, -0.2) is 4.79 Å². The van der Waals surface area contributed by atoms with Gasteiger partial charge in [0.15, 0.2) is 0 Å². The molecule has 1 aromatic carbocycles. The molecule has 14 nitrogen and oxygen atoms in total. The number of thiol groups is 1. The molecule has 0 radical (unpaired) electrons. The summed E-state index contributed by atoms with van der Waals surface area (Å²) in [6.07, 6.45) is 1.71. The summed E-state index contributed by atoms with van der Waals surface area (Å²) in [5.74, 6) is -4.72. The van der Waals surface area contributed by atoms with Crippen molar-refractivity contribution < 1.29 is 33.9 Å². The van der Waals surface area contributed by atoms with Crippen molar-refractivity contribution in [2.24, 2.45) is 23.3 Å². The molecule has 0 aliphatic carbocycles. The predicted molar refractivity (Wildman–Crippen MR) is 182 cm³/mol. The van der Waals surface area contributed by atoms with Gasteiger partial charge in [0, 0.05) is 12.2 Å². The first kappa shape index (κ1) is 41.3. The highest BCUT2D eigenvalue weighted by Gasteiger charge is 2.33. The fourth-order valence-corrected chi connectivity index (χ4v) is 4.77. The minimum Gasteiger partial charge on any atom is -0.480 e. The highest BCUT2D eigenvalue weighted by atomic mass is 32.1. The normalized spacial score (nSPS) is 15.0. The third kappa shape index (κ3) is 15.2. The molecular formula is C32H53N7O7S. The molecule has 0 aliphatic heterocycles. The third-order valence-corrected chi connectivity index (χ3v) is 7.74. The summed E-state index contributed by atoms with van der Waals surface area (Å²) in [5, 5.41) is 22.8. The Morgan fingerprint density at radius 3 is 1.85 bits per heavy atom. The van der Waals surface area contributed by atoms with Crippen LogP contribution in [0.1, 0.15) is 65.9 Å². The van der Waals surface area contributed by atoms with E-state index in [2.05, 4.69) is 39.2 Å². The highest BCUT2D eigenvalue weighted by Crippen LogP contribution is 2.10. The van der Waals surface area contributed by atoms with Crippen molar-refractivity contribution in [1.82, 2.24) is 26.6 Å². The number of carboxylic acid groups (broad SMARTS) is 1. The molecule has 0 heterocycles. The molecule has 0 saturated heterocycles. The smallest absolute Gasteiger partial charge is 0.326 e. The van der Waals surface area contributed by atoms with Crippen LogP contribution in [0.3, 0.4) is 0 Å². The molecule has 15 heteroatoms. The molecule has 0 saturated carbocycles. The first-order valence-electron chi connectivity index (χ1n) is 16.0. The second-order valence-corrected chi connectivity index (χ2v) is 12.7. The summed E-state index contributed by atoms with van der Waals surface area (Å²) in [4.78, 5) is 77.3. The summed E-state index contributed by atoms with van der Waals surface area (Å²) in [5.41, 5.74) is 12.0. The lowest BCUT2D eigenvalue weighted by atomic mass is 9.99. The van der Waals surface area contributed by atoms with E-state index in [1.807, 2.05) is 13.8 Å². The maximum atomic E-state index is 13.5. The van der Waals surface area contributed by atoms with Gasteiger partial charge < -0.3 is 43.2 Å². The molecule has 1 rings (SSSR count). The van der Waals surface area contributed by atoms with Crippen LogP contribution in [-0.2, 0) is 35.2 Å². The first-order chi connectivity index (χ1) is 22.1. The van der Waals surface area contributed by atoms with Crippen LogP contribution in [0.5, 0.6) is 0 Å². The van der Waals surface area contributed by atoms with Crippen molar-refractivity contribution in [2.45, 2.75) is 103 Å². The first-order valence-corrected chi connectivity index (χ1v) is 16.6. The van der Waals surface area contributed by atoms with Crippen molar-refractivity contribution >= 4 is 48.1 Å². The van der Waals surface area contributed by atoms with Crippen LogP contribution in [0, 0.1) is 11.8 Å². The van der Waals surface area contributed by atoms with Crippen molar-refractivity contribution in [1.29, 1.82) is 0 Å². The van der Waals surface area contributed by atoms with Crippen molar-refractivity contribution in [2.75, 3.05) is 12.3 Å². The molecule has 0 aliphatic rings. The monoisotopic (exact) mass is 679 g/mol. The van der Waals surface area contributed by atoms with E-state index in [4.69, 9.17) is 11.5 Å². The van der Waals surface area contributed by atoms with Crippen LogP contribution >= 0.6 is 12.6 Å². The minimum absolute atomic E-state index is 0.0358. The van der Waals surface area contributed by atoms with Gasteiger partial charge in [-0.1, -0.05) is 58.0 Å². The SMILES string of the molecule is CC(C)C[C@H](NC(=O)[C@@H](NC(=O)[C@H](C)NC(=O)[C@H](CCCCN)NC(=O)[C@@H](N)CS)C(C)C)C(=O)N[C@@H](Cc1ccccc1)C(=O)O. The molecule has 264 valence electrons. The van der Waals surface area contributed by atoms with E-state index in [0.717, 1.165) is 5.56 Å². The average Bonchev–Trinajstić information content (AvgIpc) is 3.01. The van der Waals surface area contributed by atoms with Crippen LogP contribution in [0.2, 0.25) is 0 Å². The Labute approximate surface area is 282 Å². The van der Waals surface area contributed by atoms with Crippen LogP contribution < -0.4 is 38.1 Å². The number of benzene rings is 1. The number of amides is 5. The number of carbonyl (C=O) groups is 6. The summed E-state index contributed by atoms with van der Waals surface area (Å²) in [6, 6.07) is 2.49. The number of nitrogens with one attached hydrogen (secondary N) is 5. The Hall–Kier alpha value is -3.69. The van der Waals surface area contributed by atoms with Crippen molar-refractivity contribution in [3.63, 3.8) is 0 Å². The van der Waals surface area contributed by atoms with E-state index in [9.17, 15) is 33.9 Å². The molecule has 10 N–H and O–H groups in total. The van der Waals surface area contributed by atoms with Crippen molar-refractivity contribution in [3.05, 3.63) is 35.9 Å². The van der Waals surface area contributed by atoms with E-state index in [-0.39, 0.29) is 30.9 Å². The lowest BCUT2D eigenvalue weighted by Gasteiger charge is -2.28. The van der Waals surface area contributed by atoms with Gasteiger partial charge in [-0.3, -0.25) is 24.0 Å². The molecule has 0 aromatic heterocycles. The van der Waals surface area contributed by atoms with E-state index in [1.54, 1.807) is 44.2 Å². The Kier molecular flexibility index (Phi) is 18.7. The lowest BCUT2D eigenvalue weighted by Crippen LogP contribution is -2.60. The van der Waals surface area contributed by atoms with Gasteiger partial charge in [-0.15, -0.1) is 0 Å². The number of aliphatic carboxylic acids is 1. The summed E-state index contributed by atoms with van der Waals surface area (Å²) >= 11 is 4.02. The Morgan fingerprint density at radius 1 is 0.745 bits per heavy atom. The molecule has 47 heavy (non-hydrogen) atoms. The molecule has 1 aromatic rings. The zero-order chi connectivity index (χ0) is 35.7. The van der Waals surface area contributed by atoms with Gasteiger partial charge in [0.25, 0.3) is 0 Å². The topological polar surface area (TPSA) is 235 Å². The average molecular weight is 680 g/mol. The Balaban J connectivity index is 3.00. The van der Waals surface area contributed by atoms with Gasteiger partial charge in [0.05, 0.1) is 6.04 Å². The van der Waals surface area contributed by atoms with E-state index >= 15 is 0 Å². The Morgan fingerprint density at radius 2 is 1.32 bits per heavy atom. The lowest BCUT2D eigenvalue weighted by molar-refractivity contribution is -0.142. The maximum Gasteiger partial charge on any atom is 0.326 e. The van der Waals surface area contributed by atoms with Gasteiger partial charge in [-0.2, -0.15) is 12.6 Å². The fourth-order valence-electron chi connectivity index (χ4n) is 4.60. The minimum atomic E-state index is -1.22. The van der Waals surface area contributed by atoms with Gasteiger partial charge >= 0.3 is 5.97 Å². The van der Waals surface area contributed by atoms with E-state index < -0.39 is 77.7 Å². The predicted octanol–water partition coefficient (Wildman–Crippen LogP) is -0.154. The number of carboxylic acids is 1. The molecular weight excluding hydrogens is 626 g/mol. The van der Waals surface area contributed by atoms with E-state index in [0.29, 0.717) is 19.4 Å². The van der Waals surface area contributed by atoms with Crippen LogP contribution in [0.4, 0.5) is 0 Å². The quantitative estimate of drug-likeness (QED) is 0.0620. The van der Waals surface area contributed by atoms with Gasteiger partial charge in [-0.05, 0) is 56.6 Å². The number of carbonyl (C=O) groups excluding carboxylic acids is 5. The summed E-state index contributed by atoms with van der Waals surface area (Å²) < 4.78 is 0. The van der Waals surface area contributed by atoms with Crippen LogP contribution in [-0.4, -0.2) is 89.2 Å².